The number of nitrogens with one attached hydrogen (secondary N) is 1. The van der Waals surface area contributed by atoms with Crippen LogP contribution in [0.4, 0.5) is 0 Å². The van der Waals surface area contributed by atoms with Gasteiger partial charge in [0.15, 0.2) is 0 Å². The minimum atomic E-state index is 0.0845. The zero-order valence-corrected chi connectivity index (χ0v) is 11.7. The quantitative estimate of drug-likeness (QED) is 0.788. The summed E-state index contributed by atoms with van der Waals surface area (Å²) in [4.78, 5) is 8.91. The molecule has 2 heterocycles. The standard InChI is InChI=1S/C17H17N3/c1-12-7-9-20-16(10-12)17(18-2)14-6-5-13-4-3-8-19-15(13)11-14/h3-11,17-18H,1-2H3. The monoisotopic (exact) mass is 263 g/mol. The Kier molecular flexibility index (Phi) is 3.44. The zero-order chi connectivity index (χ0) is 13.9. The van der Waals surface area contributed by atoms with Crippen molar-refractivity contribution < 1.29 is 0 Å². The van der Waals surface area contributed by atoms with Gasteiger partial charge in [0.1, 0.15) is 0 Å². The van der Waals surface area contributed by atoms with Crippen molar-refractivity contribution in [2.75, 3.05) is 7.05 Å². The van der Waals surface area contributed by atoms with E-state index in [9.17, 15) is 0 Å². The molecule has 0 bridgehead atoms. The summed E-state index contributed by atoms with van der Waals surface area (Å²) in [6.07, 6.45) is 3.68. The zero-order valence-electron chi connectivity index (χ0n) is 11.7. The van der Waals surface area contributed by atoms with Gasteiger partial charge in [-0.25, -0.2) is 0 Å². The number of pyridine rings is 2. The molecule has 20 heavy (non-hydrogen) atoms. The molecular formula is C17H17N3. The summed E-state index contributed by atoms with van der Waals surface area (Å²) in [6.45, 7) is 2.08. The van der Waals surface area contributed by atoms with Gasteiger partial charge in [0, 0.05) is 17.8 Å². The fourth-order valence-corrected chi connectivity index (χ4v) is 2.47. The lowest BCUT2D eigenvalue weighted by atomic mass is 10.0. The number of aryl methyl sites for hydroxylation is 1. The highest BCUT2D eigenvalue weighted by Crippen LogP contribution is 2.23. The summed E-state index contributed by atoms with van der Waals surface area (Å²) >= 11 is 0. The van der Waals surface area contributed by atoms with Crippen LogP contribution in [0.1, 0.15) is 22.9 Å². The number of nitrogens with zero attached hydrogens (tertiary/aromatic N) is 2. The van der Waals surface area contributed by atoms with Crippen LogP contribution in [0.5, 0.6) is 0 Å². The molecule has 0 radical (unpaired) electrons. The van der Waals surface area contributed by atoms with Gasteiger partial charge in [-0.2, -0.15) is 0 Å². The minimum absolute atomic E-state index is 0.0845. The summed E-state index contributed by atoms with van der Waals surface area (Å²) in [5.41, 5.74) is 4.44. The van der Waals surface area contributed by atoms with E-state index in [2.05, 4.69) is 52.5 Å². The Labute approximate surface area is 118 Å². The van der Waals surface area contributed by atoms with Gasteiger partial charge in [-0.3, -0.25) is 9.97 Å². The molecule has 1 unspecified atom stereocenters. The van der Waals surface area contributed by atoms with Gasteiger partial charge in [-0.15, -0.1) is 0 Å². The molecule has 1 aromatic carbocycles. The van der Waals surface area contributed by atoms with Crippen LogP contribution in [0.3, 0.4) is 0 Å². The second-order valence-corrected chi connectivity index (χ2v) is 4.94. The maximum absolute atomic E-state index is 4.48. The average molecular weight is 263 g/mol. The summed E-state index contributed by atoms with van der Waals surface area (Å²) in [7, 11) is 1.96. The average Bonchev–Trinajstić information content (AvgIpc) is 2.48. The molecule has 0 aliphatic rings. The van der Waals surface area contributed by atoms with E-state index in [-0.39, 0.29) is 6.04 Å². The van der Waals surface area contributed by atoms with E-state index in [1.54, 1.807) is 0 Å². The Hall–Kier alpha value is -2.26. The fourth-order valence-electron chi connectivity index (χ4n) is 2.47. The predicted octanol–water partition coefficient (Wildman–Crippen LogP) is 3.25. The third-order valence-corrected chi connectivity index (χ3v) is 3.48. The summed E-state index contributed by atoms with van der Waals surface area (Å²) < 4.78 is 0. The summed E-state index contributed by atoms with van der Waals surface area (Å²) in [5.74, 6) is 0. The van der Waals surface area contributed by atoms with Gasteiger partial charge in [0.05, 0.1) is 17.3 Å². The van der Waals surface area contributed by atoms with Crippen molar-refractivity contribution in [2.45, 2.75) is 13.0 Å². The van der Waals surface area contributed by atoms with Crippen LogP contribution in [0.15, 0.2) is 54.9 Å². The van der Waals surface area contributed by atoms with Gasteiger partial charge in [-0.1, -0.05) is 18.2 Å². The first-order valence-electron chi connectivity index (χ1n) is 6.72. The van der Waals surface area contributed by atoms with Crippen LogP contribution >= 0.6 is 0 Å². The molecular weight excluding hydrogens is 246 g/mol. The van der Waals surface area contributed by atoms with E-state index >= 15 is 0 Å². The molecule has 3 nitrogen and oxygen atoms in total. The Morgan fingerprint density at radius 3 is 2.70 bits per heavy atom. The number of hydrogen-bond donors (Lipinski definition) is 1. The number of hydrogen-bond acceptors (Lipinski definition) is 3. The van der Waals surface area contributed by atoms with Crippen LogP contribution in [-0.2, 0) is 0 Å². The van der Waals surface area contributed by atoms with E-state index in [1.807, 2.05) is 31.6 Å². The SMILES string of the molecule is CNC(c1ccc2cccnc2c1)c1cc(C)ccn1. The molecule has 2 aromatic heterocycles. The molecule has 3 rings (SSSR count). The van der Waals surface area contributed by atoms with Crippen molar-refractivity contribution in [1.82, 2.24) is 15.3 Å². The molecule has 0 aliphatic carbocycles. The Bertz CT molecular complexity index is 737. The molecule has 1 atom stereocenters. The van der Waals surface area contributed by atoms with Gasteiger partial charge in [-0.05, 0) is 49.4 Å². The maximum Gasteiger partial charge on any atom is 0.0749 e. The largest absolute Gasteiger partial charge is 0.308 e. The van der Waals surface area contributed by atoms with Crippen LogP contribution in [0.2, 0.25) is 0 Å². The highest BCUT2D eigenvalue weighted by Gasteiger charge is 2.14. The number of rotatable bonds is 3. The van der Waals surface area contributed by atoms with Crippen LogP contribution in [0.25, 0.3) is 10.9 Å². The molecule has 3 heteroatoms. The number of aromatic nitrogens is 2. The van der Waals surface area contributed by atoms with E-state index in [4.69, 9.17) is 0 Å². The Morgan fingerprint density at radius 2 is 1.90 bits per heavy atom. The van der Waals surface area contributed by atoms with Crippen molar-refractivity contribution in [3.05, 3.63) is 71.7 Å². The first-order valence-corrected chi connectivity index (χ1v) is 6.72. The summed E-state index contributed by atoms with van der Waals surface area (Å²) in [5, 5.41) is 4.49. The molecule has 0 aliphatic heterocycles. The third kappa shape index (κ3) is 2.40. The van der Waals surface area contributed by atoms with Crippen LogP contribution in [0, 0.1) is 6.92 Å². The molecule has 1 N–H and O–H groups in total. The fraction of sp³-hybridized carbons (Fsp3) is 0.176. The normalized spacial score (nSPS) is 12.5. The molecule has 3 aromatic rings. The van der Waals surface area contributed by atoms with Gasteiger partial charge >= 0.3 is 0 Å². The first-order chi connectivity index (χ1) is 9.78. The van der Waals surface area contributed by atoms with Crippen molar-refractivity contribution in [3.8, 4) is 0 Å². The van der Waals surface area contributed by atoms with Crippen molar-refractivity contribution in [3.63, 3.8) is 0 Å². The predicted molar refractivity (Wildman–Crippen MR) is 81.6 cm³/mol. The highest BCUT2D eigenvalue weighted by atomic mass is 14.9. The lowest BCUT2D eigenvalue weighted by Crippen LogP contribution is -2.19. The second kappa shape index (κ2) is 5.39. The topological polar surface area (TPSA) is 37.8 Å². The van der Waals surface area contributed by atoms with Gasteiger partial charge in [0.25, 0.3) is 0 Å². The van der Waals surface area contributed by atoms with Crippen molar-refractivity contribution >= 4 is 10.9 Å². The van der Waals surface area contributed by atoms with Crippen LogP contribution < -0.4 is 5.32 Å². The highest BCUT2D eigenvalue weighted by molar-refractivity contribution is 5.79. The number of fused-ring (bicyclic) bond motifs is 1. The second-order valence-electron chi connectivity index (χ2n) is 4.94. The molecule has 0 spiro atoms. The molecule has 0 saturated carbocycles. The van der Waals surface area contributed by atoms with Crippen molar-refractivity contribution in [2.24, 2.45) is 0 Å². The summed E-state index contributed by atoms with van der Waals surface area (Å²) in [6, 6.07) is 14.6. The first kappa shape index (κ1) is 12.8. The Morgan fingerprint density at radius 1 is 1.00 bits per heavy atom. The molecule has 100 valence electrons. The number of benzene rings is 1. The molecule has 0 amide bonds. The maximum atomic E-state index is 4.48. The third-order valence-electron chi connectivity index (χ3n) is 3.48. The Balaban J connectivity index is 2.07. The molecule has 0 saturated heterocycles. The lowest BCUT2D eigenvalue weighted by Gasteiger charge is -2.17. The van der Waals surface area contributed by atoms with E-state index in [0.717, 1.165) is 16.6 Å². The van der Waals surface area contributed by atoms with Gasteiger partial charge < -0.3 is 5.32 Å². The van der Waals surface area contributed by atoms with Gasteiger partial charge in [0.2, 0.25) is 0 Å². The van der Waals surface area contributed by atoms with E-state index < -0.39 is 0 Å². The van der Waals surface area contributed by atoms with E-state index in [1.165, 1.54) is 11.1 Å². The van der Waals surface area contributed by atoms with Crippen LogP contribution in [-0.4, -0.2) is 17.0 Å². The molecule has 0 fully saturated rings. The smallest absolute Gasteiger partial charge is 0.0749 e. The minimum Gasteiger partial charge on any atom is -0.308 e. The van der Waals surface area contributed by atoms with Crippen molar-refractivity contribution in [1.29, 1.82) is 0 Å². The van der Waals surface area contributed by atoms with E-state index in [0.29, 0.717) is 0 Å². The lowest BCUT2D eigenvalue weighted by molar-refractivity contribution is 0.671.